The molecule has 2 heterocycles. The van der Waals surface area contributed by atoms with E-state index < -0.39 is 0 Å². The molecular weight excluding hydrogens is 405 g/mol. The molecule has 1 aromatic carbocycles. The SMILES string of the molecule is CCn1ncc(Br)c1-c1csc(C(=O)NCCc2cccc(F)c2)c1. The number of hydrogen-bond donors (Lipinski definition) is 1. The molecule has 3 aromatic rings. The summed E-state index contributed by atoms with van der Waals surface area (Å²) < 4.78 is 15.9. The molecule has 1 amide bonds. The van der Waals surface area contributed by atoms with Gasteiger partial charge in [0.2, 0.25) is 0 Å². The molecule has 0 aliphatic rings. The standard InChI is InChI=1S/C18H17BrFN3OS/c1-2-23-17(15(19)10-22-23)13-9-16(25-11-13)18(24)21-7-6-12-4-3-5-14(20)8-12/h3-5,8-11H,2,6-7H2,1H3,(H,21,24). The molecular formula is C18H17BrFN3OS. The first-order valence-corrected chi connectivity index (χ1v) is 9.58. The van der Waals surface area contributed by atoms with Crippen LogP contribution in [0.25, 0.3) is 11.3 Å². The van der Waals surface area contributed by atoms with E-state index in [2.05, 4.69) is 26.3 Å². The van der Waals surface area contributed by atoms with Crippen molar-refractivity contribution in [3.8, 4) is 11.3 Å². The Morgan fingerprint density at radius 1 is 1.40 bits per heavy atom. The number of aromatic nitrogens is 2. The van der Waals surface area contributed by atoms with Crippen LogP contribution in [0.15, 0.2) is 46.4 Å². The molecule has 0 fully saturated rings. The van der Waals surface area contributed by atoms with Crippen molar-refractivity contribution >= 4 is 33.2 Å². The summed E-state index contributed by atoms with van der Waals surface area (Å²) in [5.74, 6) is -0.379. The number of nitrogens with zero attached hydrogens (tertiary/aromatic N) is 2. The van der Waals surface area contributed by atoms with Gasteiger partial charge in [0.15, 0.2) is 0 Å². The van der Waals surface area contributed by atoms with E-state index in [1.165, 1.54) is 23.5 Å². The lowest BCUT2D eigenvalue weighted by molar-refractivity contribution is 0.0958. The van der Waals surface area contributed by atoms with Gasteiger partial charge in [-0.05, 0) is 53.0 Å². The second-order valence-electron chi connectivity index (χ2n) is 5.49. The highest BCUT2D eigenvalue weighted by Gasteiger charge is 2.15. The molecule has 0 saturated carbocycles. The fraction of sp³-hybridized carbons (Fsp3) is 0.222. The lowest BCUT2D eigenvalue weighted by atomic mass is 10.1. The Labute approximate surface area is 157 Å². The smallest absolute Gasteiger partial charge is 0.261 e. The highest BCUT2D eigenvalue weighted by molar-refractivity contribution is 9.10. The number of amides is 1. The van der Waals surface area contributed by atoms with Gasteiger partial charge >= 0.3 is 0 Å². The Morgan fingerprint density at radius 3 is 3.00 bits per heavy atom. The van der Waals surface area contributed by atoms with Gasteiger partial charge in [0.1, 0.15) is 5.82 Å². The summed E-state index contributed by atoms with van der Waals surface area (Å²) in [4.78, 5) is 13.0. The topological polar surface area (TPSA) is 46.9 Å². The molecule has 1 N–H and O–H groups in total. The first-order chi connectivity index (χ1) is 12.1. The van der Waals surface area contributed by atoms with Crippen LogP contribution in [0.4, 0.5) is 4.39 Å². The fourth-order valence-electron chi connectivity index (χ4n) is 2.57. The van der Waals surface area contributed by atoms with Gasteiger partial charge in [-0.3, -0.25) is 9.48 Å². The zero-order valence-corrected chi connectivity index (χ0v) is 16.0. The number of aryl methyl sites for hydroxylation is 1. The van der Waals surface area contributed by atoms with Crippen LogP contribution in [0.3, 0.4) is 0 Å². The van der Waals surface area contributed by atoms with Crippen molar-refractivity contribution in [2.75, 3.05) is 6.54 Å². The number of carbonyl (C=O) groups is 1. The summed E-state index contributed by atoms with van der Waals surface area (Å²) >= 11 is 4.90. The Morgan fingerprint density at radius 2 is 2.24 bits per heavy atom. The summed E-state index contributed by atoms with van der Waals surface area (Å²) in [7, 11) is 0. The van der Waals surface area contributed by atoms with Gasteiger partial charge < -0.3 is 5.32 Å². The Balaban J connectivity index is 1.64. The third-order valence-electron chi connectivity index (χ3n) is 3.78. The van der Waals surface area contributed by atoms with E-state index in [9.17, 15) is 9.18 Å². The first-order valence-electron chi connectivity index (χ1n) is 7.91. The minimum atomic E-state index is -0.259. The van der Waals surface area contributed by atoms with Gasteiger partial charge in [0.25, 0.3) is 5.91 Å². The normalized spacial score (nSPS) is 10.8. The quantitative estimate of drug-likeness (QED) is 0.636. The number of thiophene rings is 1. The third kappa shape index (κ3) is 4.16. The molecule has 0 aliphatic carbocycles. The van der Waals surface area contributed by atoms with Crippen molar-refractivity contribution in [1.82, 2.24) is 15.1 Å². The van der Waals surface area contributed by atoms with E-state index >= 15 is 0 Å². The zero-order valence-electron chi connectivity index (χ0n) is 13.6. The van der Waals surface area contributed by atoms with Gasteiger partial charge in [0.05, 0.1) is 21.2 Å². The summed E-state index contributed by atoms with van der Waals surface area (Å²) in [6.07, 6.45) is 2.35. The lowest BCUT2D eigenvalue weighted by Gasteiger charge is -2.04. The molecule has 0 spiro atoms. The summed E-state index contributed by atoms with van der Waals surface area (Å²) in [6, 6.07) is 8.29. The molecule has 0 atom stereocenters. The minimum Gasteiger partial charge on any atom is -0.351 e. The molecule has 25 heavy (non-hydrogen) atoms. The average Bonchev–Trinajstić information content (AvgIpc) is 3.21. The fourth-order valence-corrected chi connectivity index (χ4v) is 3.90. The highest BCUT2D eigenvalue weighted by atomic mass is 79.9. The van der Waals surface area contributed by atoms with Gasteiger partial charge in [-0.25, -0.2) is 4.39 Å². The van der Waals surface area contributed by atoms with Crippen LogP contribution >= 0.6 is 27.3 Å². The second-order valence-corrected chi connectivity index (χ2v) is 7.26. The van der Waals surface area contributed by atoms with E-state index in [4.69, 9.17) is 0 Å². The molecule has 130 valence electrons. The predicted molar refractivity (Wildman–Crippen MR) is 101 cm³/mol. The van der Waals surface area contributed by atoms with E-state index in [1.54, 1.807) is 12.3 Å². The maximum Gasteiger partial charge on any atom is 0.261 e. The maximum atomic E-state index is 13.2. The van der Waals surface area contributed by atoms with Crippen molar-refractivity contribution in [2.24, 2.45) is 0 Å². The van der Waals surface area contributed by atoms with Crippen molar-refractivity contribution in [2.45, 2.75) is 19.9 Å². The van der Waals surface area contributed by atoms with E-state index in [1.807, 2.05) is 29.1 Å². The molecule has 7 heteroatoms. The second kappa shape index (κ2) is 7.93. The third-order valence-corrected chi connectivity index (χ3v) is 5.29. The molecule has 2 aromatic heterocycles. The summed E-state index contributed by atoms with van der Waals surface area (Å²) in [5, 5.41) is 9.14. The Hall–Kier alpha value is -1.99. The van der Waals surface area contributed by atoms with Crippen LogP contribution in [0.2, 0.25) is 0 Å². The van der Waals surface area contributed by atoms with Crippen LogP contribution in [0.5, 0.6) is 0 Å². The van der Waals surface area contributed by atoms with E-state index in [0.29, 0.717) is 17.8 Å². The first kappa shape index (κ1) is 17.8. The van der Waals surface area contributed by atoms with Crippen molar-refractivity contribution in [3.05, 3.63) is 62.6 Å². The minimum absolute atomic E-state index is 0.119. The number of carbonyl (C=O) groups excluding carboxylic acids is 1. The highest BCUT2D eigenvalue weighted by Crippen LogP contribution is 2.31. The molecule has 4 nitrogen and oxygen atoms in total. The van der Waals surface area contributed by atoms with Crippen LogP contribution in [-0.4, -0.2) is 22.2 Å². The maximum absolute atomic E-state index is 13.2. The molecule has 0 bridgehead atoms. The number of nitrogens with one attached hydrogen (secondary N) is 1. The molecule has 3 rings (SSSR count). The molecule has 0 aliphatic heterocycles. The summed E-state index contributed by atoms with van der Waals surface area (Å²) in [5.41, 5.74) is 2.80. The Bertz CT molecular complexity index is 890. The van der Waals surface area contributed by atoms with E-state index in [0.717, 1.165) is 27.8 Å². The van der Waals surface area contributed by atoms with Gasteiger partial charge in [-0.1, -0.05) is 12.1 Å². The zero-order chi connectivity index (χ0) is 17.8. The van der Waals surface area contributed by atoms with Crippen LogP contribution in [-0.2, 0) is 13.0 Å². The van der Waals surface area contributed by atoms with Crippen molar-refractivity contribution in [3.63, 3.8) is 0 Å². The van der Waals surface area contributed by atoms with Gasteiger partial charge in [-0.2, -0.15) is 5.10 Å². The van der Waals surface area contributed by atoms with Gasteiger partial charge in [-0.15, -0.1) is 11.3 Å². The lowest BCUT2D eigenvalue weighted by Crippen LogP contribution is -2.24. The number of hydrogen-bond acceptors (Lipinski definition) is 3. The van der Waals surface area contributed by atoms with Crippen LogP contribution in [0, 0.1) is 5.82 Å². The molecule has 0 saturated heterocycles. The summed E-state index contributed by atoms with van der Waals surface area (Å²) in [6.45, 7) is 3.24. The number of halogens is 2. The Kier molecular flexibility index (Phi) is 5.65. The molecule has 0 radical (unpaired) electrons. The number of rotatable bonds is 6. The predicted octanol–water partition coefficient (Wildman–Crippen LogP) is 4.51. The number of benzene rings is 1. The van der Waals surface area contributed by atoms with Crippen LogP contribution < -0.4 is 5.32 Å². The average molecular weight is 422 g/mol. The van der Waals surface area contributed by atoms with E-state index in [-0.39, 0.29) is 11.7 Å². The monoisotopic (exact) mass is 421 g/mol. The largest absolute Gasteiger partial charge is 0.351 e. The molecule has 0 unspecified atom stereocenters. The van der Waals surface area contributed by atoms with Crippen LogP contribution in [0.1, 0.15) is 22.2 Å². The van der Waals surface area contributed by atoms with Crippen molar-refractivity contribution < 1.29 is 9.18 Å². The van der Waals surface area contributed by atoms with Gasteiger partial charge in [0, 0.05) is 24.0 Å². The van der Waals surface area contributed by atoms with Crippen molar-refractivity contribution in [1.29, 1.82) is 0 Å².